The summed E-state index contributed by atoms with van der Waals surface area (Å²) in [5.74, 6) is 0.864. The first-order chi connectivity index (χ1) is 8.46. The Morgan fingerprint density at radius 2 is 1.83 bits per heavy atom. The van der Waals surface area contributed by atoms with Crippen LogP contribution in [0.3, 0.4) is 0 Å². The van der Waals surface area contributed by atoms with E-state index in [2.05, 4.69) is 31.1 Å². The minimum atomic E-state index is 0.105. The van der Waals surface area contributed by atoms with E-state index in [1.54, 1.807) is 0 Å². The normalized spacial score (nSPS) is 11.3. The molecule has 100 valence electrons. The highest BCUT2D eigenvalue weighted by Crippen LogP contribution is 2.25. The smallest absolute Gasteiger partial charge is 0.127 e. The molecule has 0 saturated heterocycles. The zero-order chi connectivity index (χ0) is 13.8. The van der Waals surface area contributed by atoms with Crippen LogP contribution in [0.4, 0.5) is 5.82 Å². The molecule has 18 heavy (non-hydrogen) atoms. The Morgan fingerprint density at radius 3 is 2.28 bits per heavy atom. The Labute approximate surface area is 115 Å². The fourth-order valence-electron chi connectivity index (χ4n) is 2.16. The van der Waals surface area contributed by atoms with Crippen molar-refractivity contribution in [3.63, 3.8) is 0 Å². The molecule has 0 spiro atoms. The van der Waals surface area contributed by atoms with Gasteiger partial charge in [0, 0.05) is 16.8 Å². The molecule has 0 aliphatic rings. The SMILES string of the molecule is CCC(CC)(CC)Nc1cc(C(N)=S)cc(C)n1. The van der Waals surface area contributed by atoms with Crippen molar-refractivity contribution in [2.24, 2.45) is 5.73 Å². The minimum Gasteiger partial charge on any atom is -0.389 e. The van der Waals surface area contributed by atoms with E-state index < -0.39 is 0 Å². The van der Waals surface area contributed by atoms with Crippen LogP contribution >= 0.6 is 12.2 Å². The molecule has 4 heteroatoms. The number of aromatic nitrogens is 1. The van der Waals surface area contributed by atoms with Crippen LogP contribution < -0.4 is 11.1 Å². The number of hydrogen-bond acceptors (Lipinski definition) is 3. The summed E-state index contributed by atoms with van der Waals surface area (Å²) in [6.45, 7) is 8.55. The maximum Gasteiger partial charge on any atom is 0.127 e. The van der Waals surface area contributed by atoms with Gasteiger partial charge in [0.2, 0.25) is 0 Å². The topological polar surface area (TPSA) is 50.9 Å². The lowest BCUT2D eigenvalue weighted by molar-refractivity contribution is 0.419. The number of nitrogens with one attached hydrogen (secondary N) is 1. The molecule has 0 amide bonds. The number of thiocarbonyl (C=S) groups is 1. The zero-order valence-corrected chi connectivity index (χ0v) is 12.5. The summed E-state index contributed by atoms with van der Waals surface area (Å²) in [7, 11) is 0. The molecule has 3 nitrogen and oxygen atoms in total. The lowest BCUT2D eigenvalue weighted by Gasteiger charge is -2.32. The van der Waals surface area contributed by atoms with Crippen molar-refractivity contribution >= 4 is 23.0 Å². The van der Waals surface area contributed by atoms with Gasteiger partial charge in [-0.3, -0.25) is 0 Å². The second-order valence-corrected chi connectivity index (χ2v) is 5.15. The third kappa shape index (κ3) is 3.42. The van der Waals surface area contributed by atoms with Crippen LogP contribution in [0, 0.1) is 6.92 Å². The zero-order valence-electron chi connectivity index (χ0n) is 11.7. The van der Waals surface area contributed by atoms with Crippen LogP contribution in [-0.2, 0) is 0 Å². The van der Waals surface area contributed by atoms with Gasteiger partial charge >= 0.3 is 0 Å². The second-order valence-electron chi connectivity index (χ2n) is 4.71. The van der Waals surface area contributed by atoms with Crippen LogP contribution in [-0.4, -0.2) is 15.5 Å². The quantitative estimate of drug-likeness (QED) is 0.774. The third-order valence-corrected chi connectivity index (χ3v) is 3.90. The summed E-state index contributed by atoms with van der Waals surface area (Å²) < 4.78 is 0. The molecule has 0 saturated carbocycles. The van der Waals surface area contributed by atoms with Gasteiger partial charge in [-0.05, 0) is 38.3 Å². The lowest BCUT2D eigenvalue weighted by atomic mass is 9.90. The van der Waals surface area contributed by atoms with Crippen molar-refractivity contribution in [2.75, 3.05) is 5.32 Å². The van der Waals surface area contributed by atoms with Gasteiger partial charge in [-0.25, -0.2) is 4.98 Å². The number of hydrogen-bond donors (Lipinski definition) is 2. The van der Waals surface area contributed by atoms with Gasteiger partial charge in [0.1, 0.15) is 10.8 Å². The van der Waals surface area contributed by atoms with Gasteiger partial charge < -0.3 is 11.1 Å². The summed E-state index contributed by atoms with van der Waals surface area (Å²) in [5, 5.41) is 3.55. The van der Waals surface area contributed by atoms with Crippen LogP contribution in [0.5, 0.6) is 0 Å². The summed E-state index contributed by atoms with van der Waals surface area (Å²) in [4.78, 5) is 4.93. The van der Waals surface area contributed by atoms with Crippen molar-refractivity contribution in [1.29, 1.82) is 0 Å². The number of rotatable bonds is 6. The van der Waals surface area contributed by atoms with Crippen molar-refractivity contribution in [3.05, 3.63) is 23.4 Å². The average molecular weight is 265 g/mol. The fourth-order valence-corrected chi connectivity index (χ4v) is 2.28. The molecule has 0 aromatic carbocycles. The van der Waals surface area contributed by atoms with Gasteiger partial charge in [0.25, 0.3) is 0 Å². The van der Waals surface area contributed by atoms with Crippen LogP contribution in [0.25, 0.3) is 0 Å². The number of aryl methyl sites for hydroxylation is 1. The highest BCUT2D eigenvalue weighted by Gasteiger charge is 2.24. The standard InChI is InChI=1S/C14H23N3S/c1-5-14(6-2,7-3)17-12-9-11(13(15)18)8-10(4)16-12/h8-9H,5-7H2,1-4H3,(H2,15,18)(H,16,17). The predicted octanol–water partition coefficient (Wildman–Crippen LogP) is 3.40. The molecule has 0 radical (unpaired) electrons. The molecule has 0 unspecified atom stereocenters. The third-order valence-electron chi connectivity index (χ3n) is 3.66. The van der Waals surface area contributed by atoms with Crippen LogP contribution in [0.2, 0.25) is 0 Å². The summed E-state index contributed by atoms with van der Waals surface area (Å²) in [6.07, 6.45) is 3.20. The van der Waals surface area contributed by atoms with Gasteiger partial charge in [0.05, 0.1) is 0 Å². The molecule has 0 aliphatic carbocycles. The summed E-state index contributed by atoms with van der Waals surface area (Å²) in [5.41, 5.74) is 7.60. The maximum atomic E-state index is 5.69. The molecular weight excluding hydrogens is 242 g/mol. The van der Waals surface area contributed by atoms with Crippen molar-refractivity contribution in [1.82, 2.24) is 4.98 Å². The largest absolute Gasteiger partial charge is 0.389 e. The monoisotopic (exact) mass is 265 g/mol. The number of anilines is 1. The summed E-state index contributed by atoms with van der Waals surface area (Å²) in [6, 6.07) is 3.85. The molecule has 0 bridgehead atoms. The van der Waals surface area contributed by atoms with Gasteiger partial charge in [-0.1, -0.05) is 33.0 Å². The van der Waals surface area contributed by atoms with Gasteiger partial charge in [-0.15, -0.1) is 0 Å². The highest BCUT2D eigenvalue weighted by atomic mass is 32.1. The molecule has 0 fully saturated rings. The molecule has 1 aromatic heterocycles. The van der Waals surface area contributed by atoms with Crippen LogP contribution in [0.1, 0.15) is 51.3 Å². The van der Waals surface area contributed by atoms with E-state index >= 15 is 0 Å². The molecule has 1 rings (SSSR count). The molecular formula is C14H23N3S. The lowest BCUT2D eigenvalue weighted by Crippen LogP contribution is -2.36. The van der Waals surface area contributed by atoms with E-state index in [4.69, 9.17) is 18.0 Å². The molecule has 3 N–H and O–H groups in total. The Kier molecular flexibility index (Phi) is 5.08. The molecule has 1 aromatic rings. The average Bonchev–Trinajstić information content (AvgIpc) is 2.35. The van der Waals surface area contributed by atoms with E-state index in [1.165, 1.54) is 0 Å². The van der Waals surface area contributed by atoms with E-state index in [1.807, 2.05) is 19.1 Å². The fraction of sp³-hybridized carbons (Fsp3) is 0.571. The first-order valence-corrected chi connectivity index (χ1v) is 6.93. The Morgan fingerprint density at radius 1 is 1.28 bits per heavy atom. The van der Waals surface area contributed by atoms with E-state index in [0.717, 1.165) is 36.3 Å². The molecule has 0 atom stereocenters. The number of pyridine rings is 1. The first kappa shape index (κ1) is 14.9. The maximum absolute atomic E-state index is 5.69. The molecule has 0 aliphatic heterocycles. The summed E-state index contributed by atoms with van der Waals surface area (Å²) >= 11 is 5.03. The highest BCUT2D eigenvalue weighted by molar-refractivity contribution is 7.80. The minimum absolute atomic E-state index is 0.105. The van der Waals surface area contributed by atoms with Gasteiger partial charge in [0.15, 0.2) is 0 Å². The Hall–Kier alpha value is -1.16. The Balaban J connectivity index is 3.06. The predicted molar refractivity (Wildman–Crippen MR) is 82.1 cm³/mol. The number of nitrogens with zero attached hydrogens (tertiary/aromatic N) is 1. The van der Waals surface area contributed by atoms with E-state index in [0.29, 0.717) is 4.99 Å². The van der Waals surface area contributed by atoms with E-state index in [-0.39, 0.29) is 5.54 Å². The van der Waals surface area contributed by atoms with E-state index in [9.17, 15) is 0 Å². The van der Waals surface area contributed by atoms with Crippen molar-refractivity contribution in [3.8, 4) is 0 Å². The second kappa shape index (κ2) is 6.14. The number of nitrogens with two attached hydrogens (primary N) is 1. The van der Waals surface area contributed by atoms with Crippen LogP contribution in [0.15, 0.2) is 12.1 Å². The Bertz CT molecular complexity index is 417. The first-order valence-electron chi connectivity index (χ1n) is 6.53. The van der Waals surface area contributed by atoms with Crippen molar-refractivity contribution in [2.45, 2.75) is 52.5 Å². The van der Waals surface area contributed by atoms with Crippen molar-refractivity contribution < 1.29 is 0 Å². The molecule has 1 heterocycles. The van der Waals surface area contributed by atoms with Gasteiger partial charge in [-0.2, -0.15) is 0 Å².